The minimum absolute atomic E-state index is 0.327. The van der Waals surface area contributed by atoms with E-state index in [1.165, 1.54) is 19.3 Å². The van der Waals surface area contributed by atoms with Crippen molar-refractivity contribution in [2.75, 3.05) is 0 Å². The summed E-state index contributed by atoms with van der Waals surface area (Å²) in [5, 5.41) is 8.81. The monoisotopic (exact) mass is 256 g/mol. The Morgan fingerprint density at radius 1 is 1.06 bits per heavy atom. The summed E-state index contributed by atoms with van der Waals surface area (Å²) in [6.07, 6.45) is 12.1. The molecule has 0 amide bonds. The Bertz CT molecular complexity index is 214. The van der Waals surface area contributed by atoms with Crippen LogP contribution in [0.4, 0.5) is 0 Å². The Kier molecular flexibility index (Phi) is 12.0. The third kappa shape index (κ3) is 11.6. The van der Waals surface area contributed by atoms with Gasteiger partial charge < -0.3 is 9.90 Å². The van der Waals surface area contributed by atoms with Crippen LogP contribution in [0, 0.1) is 5.92 Å². The van der Waals surface area contributed by atoms with Crippen molar-refractivity contribution in [3.05, 3.63) is 0 Å². The van der Waals surface area contributed by atoms with Crippen LogP contribution in [0.25, 0.3) is 0 Å². The van der Waals surface area contributed by atoms with Gasteiger partial charge in [0.05, 0.1) is 0 Å². The fourth-order valence-corrected chi connectivity index (χ4v) is 2.37. The second-order valence-electron chi connectivity index (χ2n) is 5.12. The van der Waals surface area contributed by atoms with Gasteiger partial charge in [-0.25, -0.2) is 0 Å². The molecule has 0 aromatic carbocycles. The molecule has 0 fully saturated rings. The number of aldehydes is 1. The molecule has 0 radical (unpaired) electrons. The van der Waals surface area contributed by atoms with Crippen molar-refractivity contribution in [2.24, 2.45) is 5.92 Å². The summed E-state index contributed by atoms with van der Waals surface area (Å²) in [4.78, 5) is 20.8. The number of hydrogen-bond donors (Lipinski definition) is 1. The molecule has 0 saturated heterocycles. The third-order valence-corrected chi connectivity index (χ3v) is 3.34. The van der Waals surface area contributed by atoms with E-state index in [2.05, 4.69) is 6.92 Å². The third-order valence-electron chi connectivity index (χ3n) is 3.34. The molecule has 0 spiro atoms. The van der Waals surface area contributed by atoms with Crippen LogP contribution in [-0.2, 0) is 9.59 Å². The summed E-state index contributed by atoms with van der Waals surface area (Å²) in [5.41, 5.74) is 0. The molecule has 0 saturated carbocycles. The van der Waals surface area contributed by atoms with E-state index in [1.807, 2.05) is 0 Å². The first kappa shape index (κ1) is 17.1. The topological polar surface area (TPSA) is 54.4 Å². The smallest absolute Gasteiger partial charge is 0.303 e. The van der Waals surface area contributed by atoms with Gasteiger partial charge in [-0.15, -0.1) is 0 Å². The summed E-state index contributed by atoms with van der Waals surface area (Å²) < 4.78 is 0. The predicted molar refractivity (Wildman–Crippen MR) is 73.7 cm³/mol. The summed E-state index contributed by atoms with van der Waals surface area (Å²) in [7, 11) is 0. The van der Waals surface area contributed by atoms with Crippen LogP contribution in [0.3, 0.4) is 0 Å². The molecule has 0 aromatic rings. The quantitative estimate of drug-likeness (QED) is 0.397. The zero-order valence-electron chi connectivity index (χ0n) is 11.7. The van der Waals surface area contributed by atoms with Crippen LogP contribution < -0.4 is 0 Å². The second kappa shape index (κ2) is 12.6. The van der Waals surface area contributed by atoms with Gasteiger partial charge in [0.15, 0.2) is 0 Å². The Labute approximate surface area is 111 Å². The van der Waals surface area contributed by atoms with E-state index in [0.717, 1.165) is 44.8 Å². The number of unbranched alkanes of at least 4 members (excludes halogenated alkanes) is 6. The maximum absolute atomic E-state index is 10.7. The lowest BCUT2D eigenvalue weighted by molar-refractivity contribution is -0.138. The molecule has 1 N–H and O–H groups in total. The highest BCUT2D eigenvalue weighted by Crippen LogP contribution is 2.20. The van der Waals surface area contributed by atoms with E-state index < -0.39 is 5.97 Å². The van der Waals surface area contributed by atoms with Crippen molar-refractivity contribution in [1.29, 1.82) is 0 Å². The number of carboxylic acid groups (broad SMARTS) is 1. The van der Waals surface area contributed by atoms with Crippen LogP contribution >= 0.6 is 0 Å². The number of aliphatic carboxylic acids is 1. The van der Waals surface area contributed by atoms with Gasteiger partial charge in [-0.05, 0) is 18.8 Å². The summed E-state index contributed by atoms with van der Waals surface area (Å²) >= 11 is 0. The first-order valence-corrected chi connectivity index (χ1v) is 7.36. The summed E-state index contributed by atoms with van der Waals surface area (Å²) in [6.45, 7) is 2.11. The number of carboxylic acids is 1. The van der Waals surface area contributed by atoms with Crippen LogP contribution in [-0.4, -0.2) is 17.4 Å². The largest absolute Gasteiger partial charge is 0.481 e. The molecule has 1 atom stereocenters. The van der Waals surface area contributed by atoms with Crippen molar-refractivity contribution in [3.8, 4) is 0 Å². The summed E-state index contributed by atoms with van der Waals surface area (Å²) in [5.74, 6) is -0.301. The van der Waals surface area contributed by atoms with Crippen molar-refractivity contribution in [3.63, 3.8) is 0 Å². The van der Waals surface area contributed by atoms with Gasteiger partial charge in [-0.3, -0.25) is 4.79 Å². The van der Waals surface area contributed by atoms with E-state index in [0.29, 0.717) is 18.8 Å². The maximum Gasteiger partial charge on any atom is 0.303 e. The van der Waals surface area contributed by atoms with Gasteiger partial charge in [-0.1, -0.05) is 51.9 Å². The fourth-order valence-electron chi connectivity index (χ4n) is 2.37. The fraction of sp³-hybridized carbons (Fsp3) is 0.867. The van der Waals surface area contributed by atoms with Crippen molar-refractivity contribution < 1.29 is 14.7 Å². The SMILES string of the molecule is CCCC(CCCCCCCCC=O)CC(=O)O. The number of rotatable bonds is 13. The molecule has 0 aliphatic rings. The molecule has 18 heavy (non-hydrogen) atoms. The lowest BCUT2D eigenvalue weighted by Crippen LogP contribution is -2.07. The van der Waals surface area contributed by atoms with Gasteiger partial charge in [-0.2, -0.15) is 0 Å². The average Bonchev–Trinajstić information content (AvgIpc) is 2.32. The van der Waals surface area contributed by atoms with E-state index in [9.17, 15) is 9.59 Å². The highest BCUT2D eigenvalue weighted by molar-refractivity contribution is 5.66. The highest BCUT2D eigenvalue weighted by atomic mass is 16.4. The lowest BCUT2D eigenvalue weighted by Gasteiger charge is -2.13. The highest BCUT2D eigenvalue weighted by Gasteiger charge is 2.11. The average molecular weight is 256 g/mol. The van der Waals surface area contributed by atoms with Crippen LogP contribution in [0.15, 0.2) is 0 Å². The van der Waals surface area contributed by atoms with Gasteiger partial charge in [0, 0.05) is 12.8 Å². The molecule has 0 aromatic heterocycles. The first-order chi connectivity index (χ1) is 8.70. The van der Waals surface area contributed by atoms with E-state index in [-0.39, 0.29) is 0 Å². The first-order valence-electron chi connectivity index (χ1n) is 7.36. The maximum atomic E-state index is 10.7. The molecule has 3 heteroatoms. The Morgan fingerprint density at radius 3 is 2.22 bits per heavy atom. The Hall–Kier alpha value is -0.860. The molecular weight excluding hydrogens is 228 g/mol. The van der Waals surface area contributed by atoms with Gasteiger partial charge in [0.2, 0.25) is 0 Å². The minimum Gasteiger partial charge on any atom is -0.481 e. The number of carbonyl (C=O) groups excluding carboxylic acids is 1. The van der Waals surface area contributed by atoms with Crippen LogP contribution in [0.1, 0.15) is 77.6 Å². The standard InChI is InChI=1S/C15H28O3/c1-2-10-14(13-15(17)18)11-8-6-4-3-5-7-9-12-16/h12,14H,2-11,13H2,1H3,(H,17,18). The van der Waals surface area contributed by atoms with Crippen molar-refractivity contribution in [2.45, 2.75) is 77.6 Å². The molecule has 0 aliphatic heterocycles. The molecule has 0 bridgehead atoms. The Morgan fingerprint density at radius 2 is 1.67 bits per heavy atom. The van der Waals surface area contributed by atoms with Gasteiger partial charge in [0.1, 0.15) is 6.29 Å². The van der Waals surface area contributed by atoms with Gasteiger partial charge in [0.25, 0.3) is 0 Å². The van der Waals surface area contributed by atoms with Crippen LogP contribution in [0.5, 0.6) is 0 Å². The predicted octanol–water partition coefficient (Wildman–Crippen LogP) is 4.20. The zero-order chi connectivity index (χ0) is 13.6. The molecule has 3 nitrogen and oxygen atoms in total. The van der Waals surface area contributed by atoms with E-state index >= 15 is 0 Å². The van der Waals surface area contributed by atoms with Crippen molar-refractivity contribution >= 4 is 12.3 Å². The van der Waals surface area contributed by atoms with E-state index in [4.69, 9.17) is 5.11 Å². The lowest BCUT2D eigenvalue weighted by atomic mass is 9.93. The van der Waals surface area contributed by atoms with Crippen LogP contribution in [0.2, 0.25) is 0 Å². The molecule has 1 unspecified atom stereocenters. The number of carbonyl (C=O) groups is 2. The molecule has 0 heterocycles. The zero-order valence-corrected chi connectivity index (χ0v) is 11.7. The molecule has 106 valence electrons. The van der Waals surface area contributed by atoms with Crippen molar-refractivity contribution in [1.82, 2.24) is 0 Å². The Balaban J connectivity index is 3.42. The van der Waals surface area contributed by atoms with E-state index in [1.54, 1.807) is 0 Å². The minimum atomic E-state index is -0.665. The molecule has 0 aliphatic carbocycles. The molecule has 0 rings (SSSR count). The summed E-state index contributed by atoms with van der Waals surface area (Å²) in [6, 6.07) is 0. The second-order valence-corrected chi connectivity index (χ2v) is 5.12. The molecular formula is C15H28O3. The number of hydrogen-bond acceptors (Lipinski definition) is 2. The van der Waals surface area contributed by atoms with Gasteiger partial charge >= 0.3 is 5.97 Å². The normalized spacial score (nSPS) is 12.3.